The highest BCUT2D eigenvalue weighted by Gasteiger charge is 2.23. The molecular weight excluding hydrogens is 352 g/mol. The van der Waals surface area contributed by atoms with Crippen molar-refractivity contribution >= 4 is 11.8 Å². The molecule has 2 aliphatic heterocycles. The number of benzene rings is 1. The third-order valence-electron chi connectivity index (χ3n) is 5.76. The smallest absolute Gasteiger partial charge is 0.236 e. The number of nitrogens with one attached hydrogen (secondary N) is 1. The van der Waals surface area contributed by atoms with E-state index >= 15 is 0 Å². The second-order valence-corrected chi connectivity index (χ2v) is 8.11. The van der Waals surface area contributed by atoms with E-state index in [2.05, 4.69) is 46.3 Å². The summed E-state index contributed by atoms with van der Waals surface area (Å²) in [6.07, 6.45) is 4.76. The fourth-order valence-corrected chi connectivity index (χ4v) is 3.88. The fraction of sp³-hybridized carbons (Fsp3) is 0.636. The van der Waals surface area contributed by atoms with Crippen molar-refractivity contribution in [1.82, 2.24) is 20.0 Å². The predicted octanol–water partition coefficient (Wildman–Crippen LogP) is 1.63. The zero-order valence-corrected chi connectivity index (χ0v) is 17.2. The van der Waals surface area contributed by atoms with E-state index < -0.39 is 0 Å². The van der Waals surface area contributed by atoms with Crippen LogP contribution in [-0.2, 0) is 16.1 Å². The van der Waals surface area contributed by atoms with Gasteiger partial charge in [-0.15, -0.1) is 0 Å². The third-order valence-corrected chi connectivity index (χ3v) is 5.76. The Labute approximate surface area is 168 Å². The third kappa shape index (κ3) is 6.60. The Morgan fingerprint density at radius 3 is 2.00 bits per heavy atom. The summed E-state index contributed by atoms with van der Waals surface area (Å²) >= 11 is 0. The minimum Gasteiger partial charge on any atom is -0.351 e. The van der Waals surface area contributed by atoms with E-state index in [0.29, 0.717) is 19.6 Å². The van der Waals surface area contributed by atoms with Crippen molar-refractivity contribution in [2.24, 2.45) is 0 Å². The van der Waals surface area contributed by atoms with E-state index in [1.165, 1.54) is 18.4 Å². The van der Waals surface area contributed by atoms with Gasteiger partial charge in [-0.25, -0.2) is 0 Å². The summed E-state index contributed by atoms with van der Waals surface area (Å²) in [5.41, 5.74) is 2.35. The van der Waals surface area contributed by atoms with Crippen LogP contribution in [0.4, 0.5) is 0 Å². The lowest BCUT2D eigenvalue weighted by Crippen LogP contribution is -2.52. The molecule has 0 bridgehead atoms. The second kappa shape index (κ2) is 10.6. The maximum absolute atomic E-state index is 12.5. The van der Waals surface area contributed by atoms with Gasteiger partial charge in [-0.2, -0.15) is 0 Å². The molecule has 1 N–H and O–H groups in total. The first-order valence-corrected chi connectivity index (χ1v) is 10.6. The molecule has 2 saturated heterocycles. The number of hydrogen-bond acceptors (Lipinski definition) is 4. The normalized spacial score (nSPS) is 19.2. The van der Waals surface area contributed by atoms with E-state index in [0.717, 1.165) is 57.7 Å². The van der Waals surface area contributed by atoms with Crippen LogP contribution in [0.5, 0.6) is 0 Å². The van der Waals surface area contributed by atoms with E-state index in [1.807, 2.05) is 4.90 Å². The summed E-state index contributed by atoms with van der Waals surface area (Å²) in [5.74, 6) is 0.334. The number of hydrogen-bond donors (Lipinski definition) is 1. The van der Waals surface area contributed by atoms with Crippen LogP contribution in [0.25, 0.3) is 0 Å². The van der Waals surface area contributed by atoms with Crippen LogP contribution in [0.2, 0.25) is 0 Å². The molecule has 2 amide bonds. The van der Waals surface area contributed by atoms with Crippen LogP contribution in [-0.4, -0.2) is 78.9 Å². The summed E-state index contributed by atoms with van der Waals surface area (Å²) in [5, 5.41) is 3.00. The first kappa shape index (κ1) is 20.8. The maximum Gasteiger partial charge on any atom is 0.236 e. The zero-order chi connectivity index (χ0) is 19.8. The molecule has 2 heterocycles. The van der Waals surface area contributed by atoms with Crippen molar-refractivity contribution in [1.29, 1.82) is 0 Å². The Hall–Kier alpha value is -1.92. The molecule has 0 atom stereocenters. The van der Waals surface area contributed by atoms with Crippen molar-refractivity contribution in [3.05, 3.63) is 35.4 Å². The number of aryl methyl sites for hydroxylation is 1. The maximum atomic E-state index is 12.5. The van der Waals surface area contributed by atoms with E-state index in [9.17, 15) is 9.59 Å². The minimum atomic E-state index is 0.0645. The predicted molar refractivity (Wildman–Crippen MR) is 111 cm³/mol. The van der Waals surface area contributed by atoms with Crippen LogP contribution < -0.4 is 5.32 Å². The Balaban J connectivity index is 1.33. The summed E-state index contributed by atoms with van der Waals surface area (Å²) in [7, 11) is 0. The fourth-order valence-electron chi connectivity index (χ4n) is 3.88. The lowest BCUT2D eigenvalue weighted by Gasteiger charge is -2.35. The Morgan fingerprint density at radius 2 is 1.39 bits per heavy atom. The minimum absolute atomic E-state index is 0.0645. The topological polar surface area (TPSA) is 55.9 Å². The Morgan fingerprint density at radius 1 is 0.821 bits per heavy atom. The van der Waals surface area contributed by atoms with Gasteiger partial charge >= 0.3 is 0 Å². The van der Waals surface area contributed by atoms with Crippen molar-refractivity contribution in [2.75, 3.05) is 52.4 Å². The van der Waals surface area contributed by atoms with Crippen LogP contribution in [0, 0.1) is 6.92 Å². The molecule has 0 unspecified atom stereocenters. The van der Waals surface area contributed by atoms with Gasteiger partial charge in [0.1, 0.15) is 0 Å². The van der Waals surface area contributed by atoms with Gasteiger partial charge < -0.3 is 10.2 Å². The molecule has 1 aromatic carbocycles. The molecule has 6 nitrogen and oxygen atoms in total. The van der Waals surface area contributed by atoms with Crippen LogP contribution in [0.3, 0.4) is 0 Å². The van der Waals surface area contributed by atoms with E-state index in [-0.39, 0.29) is 11.8 Å². The summed E-state index contributed by atoms with van der Waals surface area (Å²) in [6.45, 7) is 8.80. The molecule has 0 aliphatic carbocycles. The van der Waals surface area contributed by atoms with Gasteiger partial charge in [-0.3, -0.25) is 19.4 Å². The van der Waals surface area contributed by atoms with Gasteiger partial charge in [0.2, 0.25) is 11.8 Å². The summed E-state index contributed by atoms with van der Waals surface area (Å²) in [4.78, 5) is 31.2. The quantitative estimate of drug-likeness (QED) is 0.807. The number of likely N-dealkylation sites (tertiary alicyclic amines) is 1. The van der Waals surface area contributed by atoms with Gasteiger partial charge in [0.15, 0.2) is 0 Å². The SMILES string of the molecule is Cc1ccc(CNC(=O)CN2CCN(CC(=O)N3CCCCCC3)CC2)cc1. The van der Waals surface area contributed by atoms with Crippen molar-refractivity contribution in [2.45, 2.75) is 39.2 Å². The summed E-state index contributed by atoms with van der Waals surface area (Å²) in [6, 6.07) is 8.23. The Kier molecular flexibility index (Phi) is 7.86. The molecule has 28 heavy (non-hydrogen) atoms. The average molecular weight is 387 g/mol. The number of nitrogens with zero attached hydrogens (tertiary/aromatic N) is 3. The van der Waals surface area contributed by atoms with Gasteiger partial charge in [0.05, 0.1) is 13.1 Å². The molecule has 154 valence electrons. The lowest BCUT2D eigenvalue weighted by molar-refractivity contribution is -0.133. The largest absolute Gasteiger partial charge is 0.351 e. The number of carbonyl (C=O) groups excluding carboxylic acids is 2. The standard InChI is InChI=1S/C22H34N4O2/c1-19-6-8-20(9-7-19)16-23-21(27)17-24-12-14-25(15-13-24)18-22(28)26-10-4-2-3-5-11-26/h6-9H,2-5,10-18H2,1H3,(H,23,27). The molecule has 2 fully saturated rings. The molecule has 6 heteroatoms. The number of amides is 2. The van der Waals surface area contributed by atoms with Crippen molar-refractivity contribution < 1.29 is 9.59 Å². The van der Waals surface area contributed by atoms with Gasteiger partial charge in [-0.1, -0.05) is 42.7 Å². The number of carbonyl (C=O) groups is 2. The van der Waals surface area contributed by atoms with E-state index in [1.54, 1.807) is 0 Å². The second-order valence-electron chi connectivity index (χ2n) is 8.11. The summed E-state index contributed by atoms with van der Waals surface area (Å²) < 4.78 is 0. The Bertz CT molecular complexity index is 630. The molecule has 2 aliphatic rings. The molecular formula is C22H34N4O2. The lowest BCUT2D eigenvalue weighted by atomic mass is 10.1. The molecule has 3 rings (SSSR count). The molecule has 0 saturated carbocycles. The molecule has 0 radical (unpaired) electrons. The highest BCUT2D eigenvalue weighted by atomic mass is 16.2. The first-order valence-electron chi connectivity index (χ1n) is 10.6. The molecule has 0 spiro atoms. The monoisotopic (exact) mass is 386 g/mol. The van der Waals surface area contributed by atoms with Crippen molar-refractivity contribution in [3.8, 4) is 0 Å². The van der Waals surface area contributed by atoms with Crippen LogP contribution in [0.15, 0.2) is 24.3 Å². The zero-order valence-electron chi connectivity index (χ0n) is 17.2. The number of rotatable bonds is 6. The van der Waals surface area contributed by atoms with E-state index in [4.69, 9.17) is 0 Å². The molecule has 1 aromatic rings. The van der Waals surface area contributed by atoms with Gasteiger partial charge in [0.25, 0.3) is 0 Å². The van der Waals surface area contributed by atoms with Gasteiger partial charge in [-0.05, 0) is 25.3 Å². The van der Waals surface area contributed by atoms with Gasteiger partial charge in [0, 0.05) is 45.8 Å². The number of piperazine rings is 1. The first-order chi connectivity index (χ1) is 13.6. The van der Waals surface area contributed by atoms with Crippen LogP contribution in [0.1, 0.15) is 36.8 Å². The average Bonchev–Trinajstić information content (AvgIpc) is 2.99. The molecule has 0 aromatic heterocycles. The highest BCUT2D eigenvalue weighted by Crippen LogP contribution is 2.11. The highest BCUT2D eigenvalue weighted by molar-refractivity contribution is 5.78. The van der Waals surface area contributed by atoms with Crippen molar-refractivity contribution in [3.63, 3.8) is 0 Å². The van der Waals surface area contributed by atoms with Crippen LogP contribution >= 0.6 is 0 Å².